The molecule has 2 N–H and O–H groups in total. The number of nitrogens with zero attached hydrogens (tertiary/aromatic N) is 1. The summed E-state index contributed by atoms with van der Waals surface area (Å²) in [6.07, 6.45) is 2.96. The van der Waals surface area contributed by atoms with Crippen LogP contribution in [0.5, 0.6) is 0 Å². The van der Waals surface area contributed by atoms with Crippen LogP contribution in [0.15, 0.2) is 22.9 Å². The van der Waals surface area contributed by atoms with E-state index in [1.54, 1.807) is 6.20 Å². The van der Waals surface area contributed by atoms with Gasteiger partial charge >= 0.3 is 0 Å². The Morgan fingerprint density at radius 2 is 2.54 bits per heavy atom. The highest BCUT2D eigenvalue weighted by Crippen LogP contribution is 2.20. The second-order valence-electron chi connectivity index (χ2n) is 3.18. The van der Waals surface area contributed by atoms with Crippen LogP contribution in [0.4, 0.5) is 5.69 Å². The average Bonchev–Trinajstić information content (AvgIpc) is 2.61. The van der Waals surface area contributed by atoms with Crippen LogP contribution in [0.3, 0.4) is 0 Å². The first-order chi connectivity index (χ1) is 6.36. The van der Waals surface area contributed by atoms with Crippen molar-refractivity contribution in [3.05, 3.63) is 22.9 Å². The van der Waals surface area contributed by atoms with Crippen molar-refractivity contribution in [3.8, 4) is 0 Å². The van der Waals surface area contributed by atoms with Crippen molar-refractivity contribution in [1.29, 1.82) is 0 Å². The number of halogens is 1. The second kappa shape index (κ2) is 4.07. The highest BCUT2D eigenvalue weighted by molar-refractivity contribution is 9.10. The van der Waals surface area contributed by atoms with Gasteiger partial charge in [-0.25, -0.2) is 4.98 Å². The summed E-state index contributed by atoms with van der Waals surface area (Å²) in [4.78, 5) is 4.15. The first-order valence-electron chi connectivity index (χ1n) is 4.44. The molecule has 4 heteroatoms. The molecule has 1 aromatic heterocycles. The monoisotopic (exact) mass is 241 g/mol. The van der Waals surface area contributed by atoms with Crippen molar-refractivity contribution < 1.29 is 0 Å². The molecule has 1 fully saturated rings. The Bertz CT molecular complexity index is 284. The van der Waals surface area contributed by atoms with Crippen LogP contribution in [0.2, 0.25) is 0 Å². The minimum atomic E-state index is 0.542. The molecule has 1 unspecified atom stereocenters. The third kappa shape index (κ3) is 2.19. The van der Waals surface area contributed by atoms with Crippen LogP contribution in [0, 0.1) is 0 Å². The van der Waals surface area contributed by atoms with E-state index < -0.39 is 0 Å². The van der Waals surface area contributed by atoms with Crippen LogP contribution in [0.25, 0.3) is 0 Å². The first kappa shape index (κ1) is 8.97. The van der Waals surface area contributed by atoms with E-state index in [4.69, 9.17) is 0 Å². The molecule has 0 bridgehead atoms. The van der Waals surface area contributed by atoms with E-state index in [0.29, 0.717) is 6.04 Å². The third-order valence-electron chi connectivity index (χ3n) is 2.18. The zero-order valence-electron chi connectivity index (χ0n) is 7.26. The molecule has 0 spiro atoms. The number of hydrogen-bond donors (Lipinski definition) is 2. The van der Waals surface area contributed by atoms with Gasteiger partial charge in [0.1, 0.15) is 4.60 Å². The highest BCUT2D eigenvalue weighted by atomic mass is 79.9. The van der Waals surface area contributed by atoms with Crippen molar-refractivity contribution in [2.24, 2.45) is 0 Å². The Labute approximate surface area is 86.1 Å². The van der Waals surface area contributed by atoms with Gasteiger partial charge < -0.3 is 10.6 Å². The highest BCUT2D eigenvalue weighted by Gasteiger charge is 2.14. The maximum atomic E-state index is 4.15. The van der Waals surface area contributed by atoms with Crippen LogP contribution in [-0.4, -0.2) is 24.1 Å². The molecule has 0 radical (unpaired) electrons. The van der Waals surface area contributed by atoms with Crippen molar-refractivity contribution in [3.63, 3.8) is 0 Å². The van der Waals surface area contributed by atoms with Crippen molar-refractivity contribution in [2.75, 3.05) is 18.4 Å². The molecule has 0 aromatic carbocycles. The zero-order chi connectivity index (χ0) is 9.10. The summed E-state index contributed by atoms with van der Waals surface area (Å²) in [6, 6.07) is 4.52. The van der Waals surface area contributed by atoms with E-state index in [1.165, 1.54) is 6.42 Å². The van der Waals surface area contributed by atoms with Crippen molar-refractivity contribution >= 4 is 21.6 Å². The Morgan fingerprint density at radius 3 is 3.23 bits per heavy atom. The molecule has 3 nitrogen and oxygen atoms in total. The Balaban J connectivity index is 2.04. The van der Waals surface area contributed by atoms with Crippen LogP contribution in [-0.2, 0) is 0 Å². The Morgan fingerprint density at radius 1 is 1.62 bits per heavy atom. The lowest BCUT2D eigenvalue weighted by atomic mass is 10.2. The Hall–Kier alpha value is -0.610. The second-order valence-corrected chi connectivity index (χ2v) is 3.93. The molecule has 1 atom stereocenters. The summed E-state index contributed by atoms with van der Waals surface area (Å²) in [5, 5.41) is 6.75. The predicted molar refractivity (Wildman–Crippen MR) is 56.8 cm³/mol. The van der Waals surface area contributed by atoms with E-state index in [9.17, 15) is 0 Å². The van der Waals surface area contributed by atoms with Crippen molar-refractivity contribution in [2.45, 2.75) is 12.5 Å². The van der Waals surface area contributed by atoms with E-state index in [-0.39, 0.29) is 0 Å². The summed E-state index contributed by atoms with van der Waals surface area (Å²) in [5.41, 5.74) is 1.08. The zero-order valence-corrected chi connectivity index (χ0v) is 8.84. The SMILES string of the molecule is Brc1ncccc1NC1CCNC1. The van der Waals surface area contributed by atoms with Gasteiger partial charge in [0.2, 0.25) is 0 Å². The quantitative estimate of drug-likeness (QED) is 0.774. The number of pyridine rings is 1. The molecular formula is C9H12BrN3. The minimum absolute atomic E-state index is 0.542. The third-order valence-corrected chi connectivity index (χ3v) is 2.81. The standard InChI is InChI=1S/C9H12BrN3/c10-9-8(2-1-4-12-9)13-7-3-5-11-6-7/h1-2,4,7,11,13H,3,5-6H2. The topological polar surface area (TPSA) is 37.0 Å². The number of hydrogen-bond acceptors (Lipinski definition) is 3. The van der Waals surface area contributed by atoms with Gasteiger partial charge in [-0.2, -0.15) is 0 Å². The molecule has 1 saturated heterocycles. The lowest BCUT2D eigenvalue weighted by molar-refractivity contribution is 0.791. The summed E-state index contributed by atoms with van der Waals surface area (Å²) in [5.74, 6) is 0. The van der Waals surface area contributed by atoms with E-state index in [0.717, 1.165) is 23.4 Å². The average molecular weight is 242 g/mol. The molecule has 0 saturated carbocycles. The molecule has 0 aliphatic carbocycles. The van der Waals surface area contributed by atoms with Gasteiger partial charge in [0.05, 0.1) is 5.69 Å². The number of aromatic nitrogens is 1. The number of rotatable bonds is 2. The van der Waals surface area contributed by atoms with Gasteiger partial charge in [-0.05, 0) is 41.0 Å². The molecular weight excluding hydrogens is 230 g/mol. The molecule has 2 heterocycles. The lowest BCUT2D eigenvalue weighted by Crippen LogP contribution is -2.22. The molecule has 0 amide bonds. The molecule has 1 aliphatic rings. The van der Waals surface area contributed by atoms with Gasteiger partial charge in [0.15, 0.2) is 0 Å². The molecule has 2 rings (SSSR count). The van der Waals surface area contributed by atoms with E-state index >= 15 is 0 Å². The van der Waals surface area contributed by atoms with Gasteiger partial charge in [0.25, 0.3) is 0 Å². The molecule has 70 valence electrons. The van der Waals surface area contributed by atoms with E-state index in [1.807, 2.05) is 12.1 Å². The fourth-order valence-corrected chi connectivity index (χ4v) is 1.86. The maximum Gasteiger partial charge on any atom is 0.129 e. The summed E-state index contributed by atoms with van der Waals surface area (Å²) in [7, 11) is 0. The molecule has 1 aromatic rings. The largest absolute Gasteiger partial charge is 0.379 e. The summed E-state index contributed by atoms with van der Waals surface area (Å²) >= 11 is 3.41. The van der Waals surface area contributed by atoms with Crippen LogP contribution >= 0.6 is 15.9 Å². The van der Waals surface area contributed by atoms with Gasteiger partial charge in [-0.1, -0.05) is 0 Å². The first-order valence-corrected chi connectivity index (χ1v) is 5.23. The van der Waals surface area contributed by atoms with Gasteiger partial charge in [0, 0.05) is 18.8 Å². The van der Waals surface area contributed by atoms with Crippen LogP contribution in [0.1, 0.15) is 6.42 Å². The maximum absolute atomic E-state index is 4.15. The fourth-order valence-electron chi connectivity index (χ4n) is 1.49. The molecule has 13 heavy (non-hydrogen) atoms. The normalized spacial score (nSPS) is 21.8. The fraction of sp³-hybridized carbons (Fsp3) is 0.444. The van der Waals surface area contributed by atoms with Gasteiger partial charge in [-0.15, -0.1) is 0 Å². The van der Waals surface area contributed by atoms with E-state index in [2.05, 4.69) is 31.5 Å². The Kier molecular flexibility index (Phi) is 2.80. The molecule has 1 aliphatic heterocycles. The predicted octanol–water partition coefficient (Wildman–Crippen LogP) is 1.62. The lowest BCUT2D eigenvalue weighted by Gasteiger charge is -2.13. The minimum Gasteiger partial charge on any atom is -0.379 e. The number of nitrogens with one attached hydrogen (secondary N) is 2. The number of anilines is 1. The van der Waals surface area contributed by atoms with Crippen LogP contribution < -0.4 is 10.6 Å². The summed E-state index contributed by atoms with van der Waals surface area (Å²) < 4.78 is 0.891. The van der Waals surface area contributed by atoms with Crippen molar-refractivity contribution in [1.82, 2.24) is 10.3 Å². The summed E-state index contributed by atoms with van der Waals surface area (Å²) in [6.45, 7) is 2.15. The smallest absolute Gasteiger partial charge is 0.129 e. The van der Waals surface area contributed by atoms with Gasteiger partial charge in [-0.3, -0.25) is 0 Å².